The summed E-state index contributed by atoms with van der Waals surface area (Å²) in [4.78, 5) is 24.4. The monoisotopic (exact) mass is 477 g/mol. The maximum absolute atomic E-state index is 12.5. The van der Waals surface area contributed by atoms with Gasteiger partial charge in [0.05, 0.1) is 19.8 Å². The van der Waals surface area contributed by atoms with Crippen LogP contribution >= 0.6 is 0 Å². The topological polar surface area (TPSA) is 66.8 Å². The van der Waals surface area contributed by atoms with E-state index in [0.717, 1.165) is 27.6 Å². The van der Waals surface area contributed by atoms with Crippen LogP contribution in [0, 0.1) is 0 Å². The van der Waals surface area contributed by atoms with Crippen LogP contribution in [0.5, 0.6) is 5.75 Å². The van der Waals surface area contributed by atoms with E-state index in [0.29, 0.717) is 23.3 Å². The number of hydrogen-bond donors (Lipinski definition) is 0. The zero-order valence-corrected chi connectivity index (χ0v) is 21.9. The summed E-state index contributed by atoms with van der Waals surface area (Å²) >= 11 is 0. The molecular formula is C29H35NO5. The summed E-state index contributed by atoms with van der Waals surface area (Å²) in [5.74, 6) is -0.0915. The fourth-order valence-electron chi connectivity index (χ4n) is 4.01. The molecule has 0 aliphatic carbocycles. The number of fused-ring (bicyclic) bond motifs is 1. The highest BCUT2D eigenvalue weighted by Gasteiger charge is 2.18. The highest BCUT2D eigenvalue weighted by molar-refractivity contribution is 5.95. The molecule has 0 radical (unpaired) electrons. The predicted molar refractivity (Wildman–Crippen MR) is 139 cm³/mol. The van der Waals surface area contributed by atoms with Crippen LogP contribution < -0.4 is 4.74 Å². The zero-order chi connectivity index (χ0) is 25.9. The summed E-state index contributed by atoms with van der Waals surface area (Å²) in [6.45, 7) is 11.6. The number of methoxy groups -OCH3 is 2. The van der Waals surface area contributed by atoms with Gasteiger partial charge in [-0.1, -0.05) is 12.1 Å². The Bertz CT molecular complexity index is 1270. The zero-order valence-electron chi connectivity index (χ0n) is 21.9. The van der Waals surface area contributed by atoms with Crippen molar-refractivity contribution in [3.63, 3.8) is 0 Å². The first-order chi connectivity index (χ1) is 16.4. The molecule has 1 aromatic heterocycles. The fraction of sp³-hybridized carbons (Fsp3) is 0.379. The molecule has 0 saturated carbocycles. The van der Waals surface area contributed by atoms with Crippen molar-refractivity contribution in [1.29, 1.82) is 0 Å². The van der Waals surface area contributed by atoms with Gasteiger partial charge in [-0.25, -0.2) is 9.59 Å². The van der Waals surface area contributed by atoms with Gasteiger partial charge >= 0.3 is 11.9 Å². The standard InChI is InChI=1S/C29H35NO5/c1-18(2)30-17-23(15-21-10-11-22(28(32)34-8)16-26(21)33-7)24-14-20(9-12-25(24)30)13-19(3)27(31)35-29(4,5)6/h9-14,16-18H,15H2,1-8H3/b19-13-. The van der Waals surface area contributed by atoms with Gasteiger partial charge in [0.1, 0.15) is 11.4 Å². The molecule has 6 nitrogen and oxygen atoms in total. The molecule has 35 heavy (non-hydrogen) atoms. The minimum atomic E-state index is -0.541. The second-order valence-corrected chi connectivity index (χ2v) is 9.96. The van der Waals surface area contributed by atoms with Gasteiger partial charge in [-0.2, -0.15) is 0 Å². The Kier molecular flexibility index (Phi) is 7.73. The van der Waals surface area contributed by atoms with Crippen LogP contribution in [0.4, 0.5) is 0 Å². The first-order valence-electron chi connectivity index (χ1n) is 11.7. The SMILES string of the molecule is COC(=O)c1ccc(Cc2cn(C(C)C)c3ccc(/C=C(/C)C(=O)OC(C)(C)C)cc23)c(OC)c1. The molecule has 0 spiro atoms. The molecule has 6 heteroatoms. The highest BCUT2D eigenvalue weighted by atomic mass is 16.6. The number of aromatic nitrogens is 1. The lowest BCUT2D eigenvalue weighted by atomic mass is 10.00. The van der Waals surface area contributed by atoms with E-state index in [2.05, 4.69) is 36.7 Å². The van der Waals surface area contributed by atoms with Gasteiger partial charge < -0.3 is 18.8 Å². The van der Waals surface area contributed by atoms with E-state index in [-0.39, 0.29) is 12.0 Å². The summed E-state index contributed by atoms with van der Waals surface area (Å²) < 4.78 is 18.2. The molecule has 0 unspecified atom stereocenters. The Morgan fingerprint density at radius 3 is 2.34 bits per heavy atom. The average Bonchev–Trinajstić information content (AvgIpc) is 3.15. The van der Waals surface area contributed by atoms with E-state index in [1.807, 2.05) is 39.0 Å². The third-order valence-corrected chi connectivity index (χ3v) is 5.69. The molecule has 0 bridgehead atoms. The summed E-state index contributed by atoms with van der Waals surface area (Å²) in [6, 6.07) is 11.9. The summed E-state index contributed by atoms with van der Waals surface area (Å²) in [7, 11) is 2.96. The van der Waals surface area contributed by atoms with E-state index >= 15 is 0 Å². The summed E-state index contributed by atoms with van der Waals surface area (Å²) in [5.41, 5.74) is 4.59. The molecule has 0 saturated heterocycles. The Morgan fingerprint density at radius 2 is 1.74 bits per heavy atom. The molecule has 3 aromatic rings. The van der Waals surface area contributed by atoms with Crippen LogP contribution in [0.1, 0.15) is 74.6 Å². The lowest BCUT2D eigenvalue weighted by Gasteiger charge is -2.19. The van der Waals surface area contributed by atoms with Gasteiger partial charge in [-0.3, -0.25) is 0 Å². The van der Waals surface area contributed by atoms with Crippen molar-refractivity contribution >= 4 is 28.9 Å². The van der Waals surface area contributed by atoms with Crippen molar-refractivity contribution in [1.82, 2.24) is 4.57 Å². The number of carbonyl (C=O) groups is 2. The van der Waals surface area contributed by atoms with E-state index in [1.165, 1.54) is 7.11 Å². The average molecular weight is 478 g/mol. The van der Waals surface area contributed by atoms with Crippen molar-refractivity contribution < 1.29 is 23.8 Å². The van der Waals surface area contributed by atoms with Crippen LogP contribution in [0.15, 0.2) is 48.2 Å². The van der Waals surface area contributed by atoms with Gasteiger partial charge in [0.15, 0.2) is 0 Å². The van der Waals surface area contributed by atoms with Crippen molar-refractivity contribution in [2.24, 2.45) is 0 Å². The lowest BCUT2D eigenvalue weighted by Crippen LogP contribution is -2.24. The van der Waals surface area contributed by atoms with Gasteiger partial charge in [0.2, 0.25) is 0 Å². The molecular weight excluding hydrogens is 442 g/mol. The van der Waals surface area contributed by atoms with Crippen molar-refractivity contribution in [2.75, 3.05) is 14.2 Å². The molecule has 186 valence electrons. The van der Waals surface area contributed by atoms with Gasteiger partial charge in [-0.05, 0) is 88.6 Å². The molecule has 1 heterocycles. The Labute approximate surface area is 207 Å². The fourth-order valence-corrected chi connectivity index (χ4v) is 4.01. The van der Waals surface area contributed by atoms with E-state index in [9.17, 15) is 9.59 Å². The van der Waals surface area contributed by atoms with Crippen molar-refractivity contribution in [2.45, 2.75) is 59.6 Å². The summed E-state index contributed by atoms with van der Waals surface area (Å²) in [6.07, 6.45) is 4.64. The number of esters is 2. The van der Waals surface area contributed by atoms with Crippen LogP contribution in [0.2, 0.25) is 0 Å². The summed E-state index contributed by atoms with van der Waals surface area (Å²) in [5, 5.41) is 1.10. The molecule has 0 N–H and O–H groups in total. The number of rotatable bonds is 7. The molecule has 2 aromatic carbocycles. The second-order valence-electron chi connectivity index (χ2n) is 9.96. The number of hydrogen-bond acceptors (Lipinski definition) is 5. The highest BCUT2D eigenvalue weighted by Crippen LogP contribution is 2.31. The molecule has 0 fully saturated rings. The van der Waals surface area contributed by atoms with Gasteiger partial charge in [0.25, 0.3) is 0 Å². The minimum absolute atomic E-state index is 0.278. The van der Waals surface area contributed by atoms with Crippen LogP contribution in [0.25, 0.3) is 17.0 Å². The van der Waals surface area contributed by atoms with E-state index in [1.54, 1.807) is 26.2 Å². The molecule has 0 amide bonds. The minimum Gasteiger partial charge on any atom is -0.496 e. The number of ether oxygens (including phenoxy) is 3. The molecule has 0 aliphatic rings. The predicted octanol–water partition coefficient (Wildman–Crippen LogP) is 6.35. The maximum Gasteiger partial charge on any atom is 0.337 e. The van der Waals surface area contributed by atoms with E-state index < -0.39 is 11.6 Å². The Balaban J connectivity index is 2.04. The smallest absolute Gasteiger partial charge is 0.337 e. The third kappa shape index (κ3) is 6.13. The lowest BCUT2D eigenvalue weighted by molar-refractivity contribution is -0.149. The molecule has 0 aliphatic heterocycles. The van der Waals surface area contributed by atoms with Crippen LogP contribution in [0.3, 0.4) is 0 Å². The number of benzene rings is 2. The largest absolute Gasteiger partial charge is 0.496 e. The Hall–Kier alpha value is -3.54. The second kappa shape index (κ2) is 10.4. The molecule has 0 atom stereocenters. The Morgan fingerprint density at radius 1 is 1.03 bits per heavy atom. The van der Waals surface area contributed by atoms with Crippen molar-refractivity contribution in [3.8, 4) is 5.75 Å². The number of carbonyl (C=O) groups excluding carboxylic acids is 2. The third-order valence-electron chi connectivity index (χ3n) is 5.69. The van der Waals surface area contributed by atoms with Gasteiger partial charge in [-0.15, -0.1) is 0 Å². The first-order valence-corrected chi connectivity index (χ1v) is 11.7. The maximum atomic E-state index is 12.5. The van der Waals surface area contributed by atoms with Crippen LogP contribution in [-0.2, 0) is 20.7 Å². The quantitative estimate of drug-likeness (QED) is 0.293. The normalized spacial score (nSPS) is 12.2. The van der Waals surface area contributed by atoms with E-state index in [4.69, 9.17) is 14.2 Å². The van der Waals surface area contributed by atoms with Crippen molar-refractivity contribution in [3.05, 3.63) is 70.4 Å². The number of nitrogens with zero attached hydrogens (tertiary/aromatic N) is 1. The van der Waals surface area contributed by atoms with Crippen LogP contribution in [-0.4, -0.2) is 36.3 Å². The first kappa shape index (κ1) is 26.1. The van der Waals surface area contributed by atoms with Gasteiger partial charge in [0, 0.05) is 35.1 Å². The molecule has 3 rings (SSSR count).